The van der Waals surface area contributed by atoms with Crippen molar-refractivity contribution < 1.29 is 8.85 Å². The maximum atomic E-state index is 5.85. The van der Waals surface area contributed by atoms with Crippen molar-refractivity contribution in [1.82, 2.24) is 0 Å². The van der Waals surface area contributed by atoms with E-state index in [2.05, 4.69) is 41.5 Å². The van der Waals surface area contributed by atoms with Gasteiger partial charge in [0.2, 0.25) is 0 Å². The largest absolute Gasteiger partial charge is 0.398 e. The lowest BCUT2D eigenvalue weighted by atomic mass is 10.0. The van der Waals surface area contributed by atoms with Crippen LogP contribution in [0.4, 0.5) is 0 Å². The van der Waals surface area contributed by atoms with Crippen molar-refractivity contribution in [1.29, 1.82) is 0 Å². The molecule has 2 nitrogen and oxygen atoms in total. The highest BCUT2D eigenvalue weighted by Gasteiger charge is 2.39. The lowest BCUT2D eigenvalue weighted by Crippen LogP contribution is -2.44. The van der Waals surface area contributed by atoms with Crippen LogP contribution in [0.25, 0.3) is 0 Å². The van der Waals surface area contributed by atoms with E-state index in [-0.39, 0.29) is 0 Å². The second-order valence-corrected chi connectivity index (χ2v) is 9.62. The molecule has 0 aliphatic carbocycles. The zero-order chi connectivity index (χ0) is 13.6. The molecule has 2 unspecified atom stereocenters. The minimum atomic E-state index is -2.00. The lowest BCUT2D eigenvalue weighted by molar-refractivity contribution is 0.217. The van der Waals surface area contributed by atoms with Gasteiger partial charge < -0.3 is 8.85 Å². The van der Waals surface area contributed by atoms with Crippen LogP contribution in [-0.2, 0) is 8.85 Å². The smallest absolute Gasteiger partial charge is 0.338 e. The molecule has 0 aliphatic heterocycles. The molecule has 3 heteroatoms. The Hall–Kier alpha value is 0.137. The van der Waals surface area contributed by atoms with Crippen LogP contribution in [0.1, 0.15) is 41.5 Å². The predicted molar refractivity (Wildman–Crippen MR) is 77.4 cm³/mol. The van der Waals surface area contributed by atoms with E-state index in [9.17, 15) is 0 Å². The van der Waals surface area contributed by atoms with Gasteiger partial charge in [-0.3, -0.25) is 0 Å². The van der Waals surface area contributed by atoms with E-state index in [1.165, 1.54) is 0 Å². The van der Waals surface area contributed by atoms with E-state index in [0.29, 0.717) is 23.7 Å². The second kappa shape index (κ2) is 7.55. The predicted octanol–water partition coefficient (Wildman–Crippen LogP) is 4.31. The summed E-state index contributed by atoms with van der Waals surface area (Å²) in [6.45, 7) is 13.7. The molecule has 0 radical (unpaired) electrons. The van der Waals surface area contributed by atoms with Crippen LogP contribution in [0.2, 0.25) is 12.1 Å². The normalized spacial score (nSPS) is 16.6. The average Bonchev–Trinajstić information content (AvgIpc) is 2.27. The fourth-order valence-electron chi connectivity index (χ4n) is 1.95. The van der Waals surface area contributed by atoms with E-state index >= 15 is 0 Å². The van der Waals surface area contributed by atoms with Crippen LogP contribution in [0.3, 0.4) is 0 Å². The molecular weight excluding hydrogens is 228 g/mol. The van der Waals surface area contributed by atoms with Crippen LogP contribution in [0, 0.1) is 23.7 Å². The van der Waals surface area contributed by atoms with Crippen LogP contribution in [-0.4, -0.2) is 22.8 Å². The molecule has 0 amide bonds. The molecule has 0 heterocycles. The van der Waals surface area contributed by atoms with Crippen molar-refractivity contribution in [3.05, 3.63) is 0 Å². The molecular formula is C14H32O2Si. The highest BCUT2D eigenvalue weighted by molar-refractivity contribution is 6.67. The standard InChI is InChI=1S/C14H32O2Si/c1-11(2)13(5)9-17(15-7,16-8)10-14(6)12(3)4/h11-14H,9-10H2,1-8H3. The Morgan fingerprint density at radius 2 is 1.00 bits per heavy atom. The van der Waals surface area contributed by atoms with E-state index in [4.69, 9.17) is 8.85 Å². The molecule has 0 N–H and O–H groups in total. The number of hydrogen-bond donors (Lipinski definition) is 0. The first-order chi connectivity index (χ1) is 7.78. The third-order valence-electron chi connectivity index (χ3n) is 4.29. The van der Waals surface area contributed by atoms with Gasteiger partial charge in [0.05, 0.1) is 0 Å². The topological polar surface area (TPSA) is 18.5 Å². The summed E-state index contributed by atoms with van der Waals surface area (Å²) in [5.74, 6) is 2.73. The average molecular weight is 260 g/mol. The Morgan fingerprint density at radius 1 is 0.706 bits per heavy atom. The second-order valence-electron chi connectivity index (χ2n) is 6.17. The third-order valence-corrected chi connectivity index (χ3v) is 8.31. The van der Waals surface area contributed by atoms with Gasteiger partial charge in [0.1, 0.15) is 0 Å². The van der Waals surface area contributed by atoms with Gasteiger partial charge in [-0.25, -0.2) is 0 Å². The molecule has 0 saturated heterocycles. The van der Waals surface area contributed by atoms with Gasteiger partial charge in [0.25, 0.3) is 0 Å². The van der Waals surface area contributed by atoms with Gasteiger partial charge in [0.15, 0.2) is 0 Å². The Morgan fingerprint density at radius 3 is 1.18 bits per heavy atom. The highest BCUT2D eigenvalue weighted by Crippen LogP contribution is 2.32. The van der Waals surface area contributed by atoms with Gasteiger partial charge in [-0.05, 0) is 35.8 Å². The fourth-order valence-corrected chi connectivity index (χ4v) is 5.86. The Bertz CT molecular complexity index is 182. The molecule has 0 aromatic rings. The molecule has 0 rings (SSSR count). The van der Waals surface area contributed by atoms with Crippen LogP contribution in [0.15, 0.2) is 0 Å². The van der Waals surface area contributed by atoms with E-state index in [0.717, 1.165) is 12.1 Å². The van der Waals surface area contributed by atoms with Crippen LogP contribution in [0.5, 0.6) is 0 Å². The van der Waals surface area contributed by atoms with E-state index in [1.54, 1.807) is 0 Å². The van der Waals surface area contributed by atoms with E-state index < -0.39 is 8.56 Å². The first-order valence-corrected chi connectivity index (χ1v) is 9.11. The summed E-state index contributed by atoms with van der Waals surface area (Å²) < 4.78 is 11.7. The Balaban J connectivity index is 4.66. The molecule has 0 aliphatic rings. The molecule has 0 bridgehead atoms. The third kappa shape index (κ3) is 5.54. The molecule has 0 aromatic carbocycles. The molecule has 2 atom stereocenters. The van der Waals surface area contributed by atoms with Crippen LogP contribution >= 0.6 is 0 Å². The minimum absolute atomic E-state index is 0.668. The Labute approximate surface area is 109 Å². The minimum Gasteiger partial charge on any atom is -0.398 e. The van der Waals surface area contributed by atoms with Gasteiger partial charge in [-0.15, -0.1) is 0 Å². The molecule has 0 aromatic heterocycles. The fraction of sp³-hybridized carbons (Fsp3) is 1.00. The summed E-state index contributed by atoms with van der Waals surface area (Å²) in [5, 5.41) is 0. The summed E-state index contributed by atoms with van der Waals surface area (Å²) in [7, 11) is 1.66. The van der Waals surface area contributed by atoms with Crippen molar-refractivity contribution in [2.75, 3.05) is 14.2 Å². The van der Waals surface area contributed by atoms with E-state index in [1.807, 2.05) is 14.2 Å². The lowest BCUT2D eigenvalue weighted by Gasteiger charge is -2.34. The van der Waals surface area contributed by atoms with Crippen molar-refractivity contribution in [2.24, 2.45) is 23.7 Å². The quantitative estimate of drug-likeness (QED) is 0.606. The first-order valence-electron chi connectivity index (χ1n) is 6.88. The zero-order valence-electron chi connectivity index (χ0n) is 13.0. The SMILES string of the molecule is CO[Si](CC(C)C(C)C)(CC(C)C(C)C)OC. The van der Waals surface area contributed by atoms with Crippen LogP contribution < -0.4 is 0 Å². The summed E-state index contributed by atoms with van der Waals surface area (Å²) in [6.07, 6.45) is 0. The van der Waals surface area contributed by atoms with Crippen molar-refractivity contribution in [2.45, 2.75) is 53.6 Å². The van der Waals surface area contributed by atoms with Gasteiger partial charge in [0, 0.05) is 14.2 Å². The maximum Gasteiger partial charge on any atom is 0.338 e. The highest BCUT2D eigenvalue weighted by atomic mass is 28.4. The van der Waals surface area contributed by atoms with Gasteiger partial charge in [-0.1, -0.05) is 41.5 Å². The molecule has 0 saturated carbocycles. The monoisotopic (exact) mass is 260 g/mol. The molecule has 0 fully saturated rings. The van der Waals surface area contributed by atoms with Crippen molar-refractivity contribution in [3.63, 3.8) is 0 Å². The molecule has 0 spiro atoms. The van der Waals surface area contributed by atoms with Crippen molar-refractivity contribution >= 4 is 8.56 Å². The summed E-state index contributed by atoms with van der Waals surface area (Å²) in [6, 6.07) is 2.21. The summed E-state index contributed by atoms with van der Waals surface area (Å²) in [4.78, 5) is 0. The number of hydrogen-bond acceptors (Lipinski definition) is 2. The van der Waals surface area contributed by atoms with Gasteiger partial charge >= 0.3 is 8.56 Å². The Kier molecular flexibility index (Phi) is 7.61. The molecule has 104 valence electrons. The molecule has 17 heavy (non-hydrogen) atoms. The zero-order valence-corrected chi connectivity index (χ0v) is 14.0. The summed E-state index contributed by atoms with van der Waals surface area (Å²) in [5.41, 5.74) is 0. The summed E-state index contributed by atoms with van der Waals surface area (Å²) >= 11 is 0. The van der Waals surface area contributed by atoms with Gasteiger partial charge in [-0.2, -0.15) is 0 Å². The maximum absolute atomic E-state index is 5.85. The van der Waals surface area contributed by atoms with Crippen molar-refractivity contribution in [3.8, 4) is 0 Å². The number of rotatable bonds is 8. The first kappa shape index (κ1) is 17.1.